The maximum atomic E-state index is 7.09. The molecule has 0 aliphatic rings. The van der Waals surface area contributed by atoms with Crippen molar-refractivity contribution in [3.05, 3.63) is 0 Å². The molecule has 0 rings (SSSR count). The Morgan fingerprint density at radius 2 is 0.773 bits per heavy atom. The molecule has 3 nitrogen and oxygen atoms in total. The molecule has 0 amide bonds. The highest BCUT2D eigenvalue weighted by atomic mass is 28.4. The van der Waals surface area contributed by atoms with Crippen molar-refractivity contribution in [2.75, 3.05) is 6.23 Å². The van der Waals surface area contributed by atoms with Crippen molar-refractivity contribution in [3.63, 3.8) is 0 Å². The molecule has 0 aliphatic carbocycles. The first-order valence-corrected chi connectivity index (χ1v) is 38.4. The summed E-state index contributed by atoms with van der Waals surface area (Å²) in [5.41, 5.74) is 1.30. The lowest BCUT2D eigenvalue weighted by atomic mass is 9.71. The summed E-state index contributed by atoms with van der Waals surface area (Å²) in [7, 11) is -9.63. The summed E-state index contributed by atoms with van der Waals surface area (Å²) >= 11 is 0. The van der Waals surface area contributed by atoms with E-state index >= 15 is 0 Å². The van der Waals surface area contributed by atoms with Crippen LogP contribution in [0.25, 0.3) is 0 Å². The van der Waals surface area contributed by atoms with Crippen LogP contribution < -0.4 is 0 Å². The SMILES string of the molecule is C[C@H]([C@](C)(CC[Si](C)(C)CO[Si](C)(C)CC[C@](C)([C@@H](C)[Si](C)(C)C)C(C)(C)O[Si](C)(C)C)C(C)(C)O[Si](C)(C)C)[Si](C)(C)C. The second-order valence-electron chi connectivity index (χ2n) is 21.7. The van der Waals surface area contributed by atoms with E-state index in [1.807, 2.05) is 0 Å². The number of rotatable bonds is 19. The van der Waals surface area contributed by atoms with Gasteiger partial charge in [0.15, 0.2) is 25.0 Å². The van der Waals surface area contributed by atoms with Gasteiger partial charge in [-0.2, -0.15) is 0 Å². The molecular formula is C35H84O3Si6. The van der Waals surface area contributed by atoms with Crippen molar-refractivity contribution in [2.45, 2.75) is 207 Å². The number of hydrogen-bond donors (Lipinski definition) is 0. The van der Waals surface area contributed by atoms with Crippen LogP contribution in [-0.4, -0.2) is 66.6 Å². The van der Waals surface area contributed by atoms with Crippen LogP contribution in [0.3, 0.4) is 0 Å². The van der Waals surface area contributed by atoms with Crippen LogP contribution in [0.1, 0.15) is 68.2 Å². The van der Waals surface area contributed by atoms with Gasteiger partial charge in [0.25, 0.3) is 0 Å². The Morgan fingerprint density at radius 3 is 1.05 bits per heavy atom. The fraction of sp³-hybridized carbons (Fsp3) is 1.00. The van der Waals surface area contributed by atoms with E-state index in [1.54, 1.807) is 0 Å². The van der Waals surface area contributed by atoms with Gasteiger partial charge in [0.1, 0.15) is 0 Å². The predicted molar refractivity (Wildman–Crippen MR) is 219 cm³/mol. The predicted octanol–water partition coefficient (Wildman–Crippen LogP) is 13.0. The molecular weight excluding hydrogens is 637 g/mol. The van der Waals surface area contributed by atoms with E-state index < -0.39 is 49.2 Å². The zero-order valence-electron chi connectivity index (χ0n) is 34.9. The zero-order chi connectivity index (χ0) is 35.8. The first-order valence-electron chi connectivity index (χ1n) is 17.9. The van der Waals surface area contributed by atoms with Crippen molar-refractivity contribution in [2.24, 2.45) is 10.8 Å². The van der Waals surface area contributed by atoms with Crippen molar-refractivity contribution in [1.29, 1.82) is 0 Å². The summed E-state index contributed by atoms with van der Waals surface area (Å²) < 4.78 is 21.1. The van der Waals surface area contributed by atoms with Crippen LogP contribution in [0.15, 0.2) is 0 Å². The molecule has 44 heavy (non-hydrogen) atoms. The Labute approximate surface area is 285 Å². The average molecular weight is 722 g/mol. The quantitative estimate of drug-likeness (QED) is 0.124. The van der Waals surface area contributed by atoms with Gasteiger partial charge in [-0.15, -0.1) is 0 Å². The third kappa shape index (κ3) is 13.2. The fourth-order valence-corrected chi connectivity index (χ4v) is 21.5. The van der Waals surface area contributed by atoms with Crippen LogP contribution in [0.5, 0.6) is 0 Å². The lowest BCUT2D eigenvalue weighted by molar-refractivity contribution is -0.0357. The molecule has 0 aromatic heterocycles. The molecule has 0 aromatic carbocycles. The summed E-state index contributed by atoms with van der Waals surface area (Å²) in [6.45, 7) is 59.2. The second-order valence-corrected chi connectivity index (χ2v) is 51.2. The number of hydrogen-bond acceptors (Lipinski definition) is 3. The Hall–Kier alpha value is 1.18. The molecule has 0 spiro atoms. The lowest BCUT2D eigenvalue weighted by Gasteiger charge is -2.55. The Morgan fingerprint density at radius 1 is 0.477 bits per heavy atom. The molecule has 266 valence electrons. The summed E-state index contributed by atoms with van der Waals surface area (Å²) in [4.78, 5) is 0. The van der Waals surface area contributed by atoms with Crippen LogP contribution >= 0.6 is 0 Å². The summed E-state index contributed by atoms with van der Waals surface area (Å²) in [6.07, 6.45) is 3.40. The molecule has 0 fully saturated rings. The smallest absolute Gasteiger partial charge is 0.186 e. The molecule has 0 N–H and O–H groups in total. The minimum Gasteiger partial charge on any atom is -0.421 e. The monoisotopic (exact) mass is 721 g/mol. The lowest BCUT2D eigenvalue weighted by Crippen LogP contribution is -2.56. The molecule has 0 aromatic rings. The normalized spacial score (nSPS) is 19.4. The Kier molecular flexibility index (Phi) is 15.0. The third-order valence-electron chi connectivity index (χ3n) is 11.8. The standard InChI is InChI=1S/C35H84O3Si6/c1-30(39(9,10)11)34(7,32(3,4)37-41(15,16)17)25-27-43(21,22)29-36-44(23,24)28-26-35(8,31(2)40(12,13)14)33(5,6)38-42(18,19)20/h30-31H,25-29H2,1-24H3/t30-,31-,34+,35-/m1/s1. The molecule has 9 heteroatoms. The molecule has 0 saturated heterocycles. The van der Waals surface area contributed by atoms with Gasteiger partial charge in [0.05, 0.1) is 19.3 Å². The van der Waals surface area contributed by atoms with Crippen molar-refractivity contribution in [3.8, 4) is 0 Å². The van der Waals surface area contributed by atoms with Crippen molar-refractivity contribution in [1.82, 2.24) is 0 Å². The largest absolute Gasteiger partial charge is 0.421 e. The van der Waals surface area contributed by atoms with E-state index in [0.717, 1.165) is 6.23 Å². The van der Waals surface area contributed by atoms with E-state index in [0.29, 0.717) is 11.1 Å². The van der Waals surface area contributed by atoms with Crippen LogP contribution in [0, 0.1) is 10.8 Å². The maximum Gasteiger partial charge on any atom is 0.186 e. The molecule has 0 unspecified atom stereocenters. The van der Waals surface area contributed by atoms with E-state index in [-0.39, 0.29) is 22.0 Å². The van der Waals surface area contributed by atoms with Crippen LogP contribution in [0.4, 0.5) is 0 Å². The highest BCUT2D eigenvalue weighted by molar-refractivity contribution is 6.80. The Bertz CT molecular complexity index is 831. The topological polar surface area (TPSA) is 27.7 Å². The zero-order valence-corrected chi connectivity index (χ0v) is 40.9. The van der Waals surface area contributed by atoms with Gasteiger partial charge >= 0.3 is 0 Å². The highest BCUT2D eigenvalue weighted by Crippen LogP contribution is 2.54. The molecule has 0 radical (unpaired) electrons. The van der Waals surface area contributed by atoms with Crippen LogP contribution in [-0.2, 0) is 13.3 Å². The van der Waals surface area contributed by atoms with Gasteiger partial charge in [0, 0.05) is 22.4 Å². The minimum absolute atomic E-state index is 0.120. The molecule has 0 bridgehead atoms. The van der Waals surface area contributed by atoms with Crippen LogP contribution in [0.2, 0.25) is 128 Å². The van der Waals surface area contributed by atoms with Gasteiger partial charge in [-0.25, -0.2) is 0 Å². The van der Waals surface area contributed by atoms with Gasteiger partial charge in [-0.3, -0.25) is 0 Å². The third-order valence-corrected chi connectivity index (χ3v) is 25.7. The fourth-order valence-electron chi connectivity index (χ4n) is 7.45. The second kappa shape index (κ2) is 14.6. The van der Waals surface area contributed by atoms with Crippen molar-refractivity contribution < 1.29 is 13.3 Å². The molecule has 4 atom stereocenters. The first-order chi connectivity index (χ1) is 18.8. The van der Waals surface area contributed by atoms with Gasteiger partial charge in [-0.1, -0.05) is 86.1 Å². The van der Waals surface area contributed by atoms with Gasteiger partial charge in [-0.05, 0) is 121 Å². The van der Waals surface area contributed by atoms with Crippen molar-refractivity contribution >= 4 is 49.2 Å². The molecule has 0 heterocycles. The first kappa shape index (κ1) is 45.2. The summed E-state index contributed by atoms with van der Waals surface area (Å²) in [5, 5.41) is 0. The summed E-state index contributed by atoms with van der Waals surface area (Å²) in [6, 6.07) is 2.49. The summed E-state index contributed by atoms with van der Waals surface area (Å²) in [5.74, 6) is 0. The van der Waals surface area contributed by atoms with Gasteiger partial charge < -0.3 is 13.3 Å². The van der Waals surface area contributed by atoms with E-state index in [9.17, 15) is 0 Å². The molecule has 0 aliphatic heterocycles. The molecule has 0 saturated carbocycles. The van der Waals surface area contributed by atoms with E-state index in [2.05, 4.69) is 160 Å². The maximum absolute atomic E-state index is 7.09. The highest BCUT2D eigenvalue weighted by Gasteiger charge is 2.53. The van der Waals surface area contributed by atoms with Gasteiger partial charge in [0.2, 0.25) is 0 Å². The Balaban J connectivity index is 5.98. The van der Waals surface area contributed by atoms with E-state index in [1.165, 1.54) is 24.9 Å². The van der Waals surface area contributed by atoms with E-state index in [4.69, 9.17) is 13.3 Å². The minimum atomic E-state index is -1.87. The average Bonchev–Trinajstić information content (AvgIpc) is 2.74.